The van der Waals surface area contributed by atoms with Gasteiger partial charge in [-0.15, -0.1) is 0 Å². The number of phenolic OH excluding ortho intramolecular Hbond substituents is 1. The van der Waals surface area contributed by atoms with Gasteiger partial charge in [0.15, 0.2) is 5.11 Å². The van der Waals surface area contributed by atoms with E-state index in [2.05, 4.69) is 31.2 Å². The number of pyridine rings is 1. The molecule has 0 saturated carbocycles. The Hall–Kier alpha value is -4.17. The molecule has 0 bridgehead atoms. The molecule has 0 unspecified atom stereocenters. The zero-order valence-corrected chi connectivity index (χ0v) is 20.7. The Morgan fingerprint density at radius 3 is 2.56 bits per heavy atom. The van der Waals surface area contributed by atoms with E-state index < -0.39 is 0 Å². The van der Waals surface area contributed by atoms with Crippen LogP contribution in [0.5, 0.6) is 5.75 Å². The number of benzene rings is 2. The van der Waals surface area contributed by atoms with E-state index in [1.807, 2.05) is 73.8 Å². The molecular weight excluding hydrogens is 470 g/mol. The summed E-state index contributed by atoms with van der Waals surface area (Å²) in [4.78, 5) is 19.4. The fourth-order valence-corrected chi connectivity index (χ4v) is 4.87. The molecule has 0 aliphatic carbocycles. The molecule has 1 amide bonds. The second-order valence-electron chi connectivity index (χ2n) is 8.80. The summed E-state index contributed by atoms with van der Waals surface area (Å²) in [6.45, 7) is 2.46. The standard InChI is InChI=1S/C28H27N5O2S/c1-19-7-9-20(10-8-19)30-25(35)15-18-33-27(26(31-28(33)36)23-5-2-3-16-29-23)24-6-4-17-32(24)21-11-13-22(34)14-12-21/h2-14,16-17,26-27,34H,15,18H2,1H3,(H,30,35)(H,31,36)/t26-,27+/m1/s1. The maximum atomic E-state index is 12.8. The number of hydrogen-bond donors (Lipinski definition) is 3. The molecule has 1 saturated heterocycles. The second-order valence-corrected chi connectivity index (χ2v) is 9.19. The number of aromatic nitrogens is 2. The summed E-state index contributed by atoms with van der Waals surface area (Å²) < 4.78 is 2.08. The molecule has 4 aromatic rings. The first kappa shape index (κ1) is 23.6. The lowest BCUT2D eigenvalue weighted by molar-refractivity contribution is -0.116. The smallest absolute Gasteiger partial charge is 0.226 e. The molecule has 5 rings (SSSR count). The summed E-state index contributed by atoms with van der Waals surface area (Å²) in [5.74, 6) is 0.138. The molecule has 1 fully saturated rings. The summed E-state index contributed by atoms with van der Waals surface area (Å²) in [6, 6.07) is 24.3. The van der Waals surface area contributed by atoms with Crippen LogP contribution < -0.4 is 10.6 Å². The predicted octanol–water partition coefficient (Wildman–Crippen LogP) is 4.89. The quantitative estimate of drug-likeness (QED) is 0.316. The summed E-state index contributed by atoms with van der Waals surface area (Å²) in [5.41, 5.74) is 4.71. The Morgan fingerprint density at radius 2 is 1.83 bits per heavy atom. The van der Waals surface area contributed by atoms with E-state index in [9.17, 15) is 9.90 Å². The molecule has 182 valence electrons. The van der Waals surface area contributed by atoms with Crippen LogP contribution in [-0.4, -0.2) is 37.1 Å². The third-order valence-electron chi connectivity index (χ3n) is 6.32. The van der Waals surface area contributed by atoms with Gasteiger partial charge in [-0.05, 0) is 79.8 Å². The first-order valence-electron chi connectivity index (χ1n) is 11.8. The minimum absolute atomic E-state index is 0.0735. The number of thiocarbonyl (C=S) groups is 1. The number of aryl methyl sites for hydroxylation is 1. The van der Waals surface area contributed by atoms with E-state index in [4.69, 9.17) is 12.2 Å². The van der Waals surface area contributed by atoms with Crippen molar-refractivity contribution < 1.29 is 9.90 Å². The molecule has 1 aliphatic heterocycles. The molecule has 1 aliphatic rings. The number of aromatic hydroxyl groups is 1. The van der Waals surface area contributed by atoms with Crippen LogP contribution in [0.4, 0.5) is 5.69 Å². The molecule has 36 heavy (non-hydrogen) atoms. The molecule has 0 radical (unpaired) electrons. The fourth-order valence-electron chi connectivity index (χ4n) is 4.53. The average molecular weight is 498 g/mol. The Balaban J connectivity index is 1.43. The zero-order valence-electron chi connectivity index (χ0n) is 19.8. The molecule has 3 N–H and O–H groups in total. The SMILES string of the molecule is Cc1ccc(NC(=O)CCN2C(=S)N[C@H](c3ccccn3)[C@@H]2c2cccn2-c2ccc(O)cc2)cc1. The second kappa shape index (κ2) is 10.2. The highest BCUT2D eigenvalue weighted by Gasteiger charge is 2.41. The van der Waals surface area contributed by atoms with Crippen LogP contribution in [0, 0.1) is 6.92 Å². The molecule has 3 heterocycles. The van der Waals surface area contributed by atoms with Crippen molar-refractivity contribution in [3.05, 3.63) is 108 Å². The molecule has 2 atom stereocenters. The van der Waals surface area contributed by atoms with Crippen molar-refractivity contribution in [2.24, 2.45) is 0 Å². The van der Waals surface area contributed by atoms with Crippen molar-refractivity contribution in [2.75, 3.05) is 11.9 Å². The number of carbonyl (C=O) groups is 1. The maximum Gasteiger partial charge on any atom is 0.226 e. The van der Waals surface area contributed by atoms with E-state index >= 15 is 0 Å². The molecule has 2 aromatic carbocycles. The van der Waals surface area contributed by atoms with Gasteiger partial charge in [0.25, 0.3) is 0 Å². The van der Waals surface area contributed by atoms with E-state index in [0.717, 1.165) is 28.3 Å². The van der Waals surface area contributed by atoms with Gasteiger partial charge in [0.05, 0.1) is 17.8 Å². The van der Waals surface area contributed by atoms with E-state index in [-0.39, 0.29) is 30.2 Å². The number of nitrogens with one attached hydrogen (secondary N) is 2. The molecule has 2 aromatic heterocycles. The van der Waals surface area contributed by atoms with Gasteiger partial charge >= 0.3 is 0 Å². The van der Waals surface area contributed by atoms with E-state index in [0.29, 0.717) is 11.7 Å². The van der Waals surface area contributed by atoms with E-state index in [1.165, 1.54) is 0 Å². The summed E-state index contributed by atoms with van der Waals surface area (Å²) in [7, 11) is 0. The van der Waals surface area contributed by atoms with Gasteiger partial charge in [0.2, 0.25) is 5.91 Å². The van der Waals surface area contributed by atoms with Crippen LogP contribution in [0.2, 0.25) is 0 Å². The summed E-state index contributed by atoms with van der Waals surface area (Å²) in [5, 5.41) is 16.7. The van der Waals surface area contributed by atoms with Crippen molar-refractivity contribution in [1.82, 2.24) is 19.8 Å². The monoisotopic (exact) mass is 497 g/mol. The van der Waals surface area contributed by atoms with Crippen LogP contribution in [0.1, 0.15) is 35.5 Å². The van der Waals surface area contributed by atoms with E-state index in [1.54, 1.807) is 18.3 Å². The van der Waals surface area contributed by atoms with Gasteiger partial charge < -0.3 is 25.2 Å². The van der Waals surface area contributed by atoms with Crippen molar-refractivity contribution >= 4 is 28.9 Å². The lowest BCUT2D eigenvalue weighted by Crippen LogP contribution is -2.33. The average Bonchev–Trinajstić information content (AvgIpc) is 3.49. The van der Waals surface area contributed by atoms with Gasteiger partial charge in [-0.3, -0.25) is 9.78 Å². The Kier molecular flexibility index (Phi) is 6.69. The Labute approximate surface area is 215 Å². The number of phenols is 1. The summed E-state index contributed by atoms with van der Waals surface area (Å²) in [6.07, 6.45) is 4.04. The molecule has 0 spiro atoms. The summed E-state index contributed by atoms with van der Waals surface area (Å²) >= 11 is 5.75. The van der Waals surface area contributed by atoms with Crippen molar-refractivity contribution in [1.29, 1.82) is 0 Å². The number of nitrogens with zero attached hydrogens (tertiary/aromatic N) is 3. The molecule has 7 nitrogen and oxygen atoms in total. The van der Waals surface area contributed by atoms with Gasteiger partial charge in [-0.25, -0.2) is 0 Å². The van der Waals surface area contributed by atoms with Crippen molar-refractivity contribution in [3.63, 3.8) is 0 Å². The third-order valence-corrected chi connectivity index (χ3v) is 6.68. The minimum atomic E-state index is -0.191. The van der Waals surface area contributed by atoms with Crippen LogP contribution in [0.25, 0.3) is 5.69 Å². The normalized spacial score (nSPS) is 17.1. The van der Waals surface area contributed by atoms with Gasteiger partial charge in [-0.2, -0.15) is 0 Å². The first-order chi connectivity index (χ1) is 17.5. The minimum Gasteiger partial charge on any atom is -0.508 e. The number of amides is 1. The Morgan fingerprint density at radius 1 is 1.06 bits per heavy atom. The van der Waals surface area contributed by atoms with Crippen molar-refractivity contribution in [2.45, 2.75) is 25.4 Å². The topological polar surface area (TPSA) is 82.4 Å². The van der Waals surface area contributed by atoms with Crippen LogP contribution >= 0.6 is 12.2 Å². The predicted molar refractivity (Wildman–Crippen MR) is 144 cm³/mol. The van der Waals surface area contributed by atoms with Crippen molar-refractivity contribution in [3.8, 4) is 11.4 Å². The third kappa shape index (κ3) is 4.94. The number of carbonyl (C=O) groups excluding carboxylic acids is 1. The number of rotatable bonds is 7. The van der Waals surface area contributed by atoms with Gasteiger partial charge in [0, 0.05) is 42.4 Å². The van der Waals surface area contributed by atoms with Crippen LogP contribution in [-0.2, 0) is 4.79 Å². The largest absolute Gasteiger partial charge is 0.508 e. The fraction of sp³-hybridized carbons (Fsp3) is 0.179. The lowest BCUT2D eigenvalue weighted by Gasteiger charge is -2.28. The highest BCUT2D eigenvalue weighted by molar-refractivity contribution is 7.80. The van der Waals surface area contributed by atoms with Gasteiger partial charge in [-0.1, -0.05) is 23.8 Å². The Bertz CT molecular complexity index is 1350. The molecular formula is C28H27N5O2S. The van der Waals surface area contributed by atoms with Crippen LogP contribution in [0.3, 0.4) is 0 Å². The first-order valence-corrected chi connectivity index (χ1v) is 12.2. The number of hydrogen-bond acceptors (Lipinski definition) is 4. The zero-order chi connectivity index (χ0) is 25.1. The number of anilines is 1. The highest BCUT2D eigenvalue weighted by atomic mass is 32.1. The maximum absolute atomic E-state index is 12.8. The lowest BCUT2D eigenvalue weighted by atomic mass is 10.0. The van der Waals surface area contributed by atoms with Gasteiger partial charge in [0.1, 0.15) is 5.75 Å². The highest BCUT2D eigenvalue weighted by Crippen LogP contribution is 2.39. The van der Waals surface area contributed by atoms with Crippen LogP contribution in [0.15, 0.2) is 91.3 Å². The molecule has 8 heteroatoms.